The van der Waals surface area contributed by atoms with Gasteiger partial charge in [0.05, 0.1) is 0 Å². The van der Waals surface area contributed by atoms with E-state index in [0.717, 1.165) is 0 Å². The first-order chi connectivity index (χ1) is 6.24. The molecule has 0 bridgehead atoms. The molecular weight excluding hydrogens is 172 g/mol. The quantitative estimate of drug-likeness (QED) is 0.539. The highest BCUT2D eigenvalue weighted by Gasteiger charge is 2.19. The van der Waals surface area contributed by atoms with E-state index in [-0.39, 0.29) is 24.8 Å². The predicted octanol–water partition coefficient (Wildman–Crippen LogP) is -1.28. The average Bonchev–Trinajstić information content (AvgIpc) is 2.24. The second kappa shape index (κ2) is 4.81. The first-order valence-electron chi connectivity index (χ1n) is 4.39. The molecule has 1 aliphatic heterocycles. The Morgan fingerprint density at radius 3 is 2.92 bits per heavy atom. The van der Waals surface area contributed by atoms with E-state index in [1.165, 1.54) is 0 Å². The lowest BCUT2D eigenvalue weighted by Crippen LogP contribution is -2.33. The smallest absolute Gasteiger partial charge is 0.232 e. The number of carbonyl (C=O) groups excluding carboxylic acids is 2. The van der Waals surface area contributed by atoms with Crippen molar-refractivity contribution in [3.8, 4) is 0 Å². The lowest BCUT2D eigenvalue weighted by molar-refractivity contribution is -0.134. The van der Waals surface area contributed by atoms with Crippen molar-refractivity contribution in [3.63, 3.8) is 0 Å². The molecule has 1 fully saturated rings. The van der Waals surface area contributed by atoms with Crippen molar-refractivity contribution in [2.75, 3.05) is 26.2 Å². The van der Waals surface area contributed by atoms with Gasteiger partial charge in [0.15, 0.2) is 0 Å². The highest BCUT2D eigenvalue weighted by molar-refractivity contribution is 5.97. The summed E-state index contributed by atoms with van der Waals surface area (Å²) >= 11 is 0. The number of aliphatic hydroxyl groups is 1. The van der Waals surface area contributed by atoms with Crippen LogP contribution in [0.2, 0.25) is 0 Å². The van der Waals surface area contributed by atoms with Crippen molar-refractivity contribution in [3.05, 3.63) is 0 Å². The van der Waals surface area contributed by atoms with Gasteiger partial charge in [0.2, 0.25) is 11.8 Å². The lowest BCUT2D eigenvalue weighted by atomic mass is 10.3. The third-order valence-corrected chi connectivity index (χ3v) is 1.95. The normalized spacial score (nSPS) is 18.4. The molecule has 1 saturated heterocycles. The number of amides is 2. The van der Waals surface area contributed by atoms with E-state index in [4.69, 9.17) is 5.11 Å². The third kappa shape index (κ3) is 3.02. The van der Waals surface area contributed by atoms with Gasteiger partial charge in [-0.2, -0.15) is 0 Å². The maximum Gasteiger partial charge on any atom is 0.232 e. The minimum atomic E-state index is -0.212. The van der Waals surface area contributed by atoms with Crippen LogP contribution in [-0.2, 0) is 9.59 Å². The molecule has 1 heterocycles. The molecule has 74 valence electrons. The van der Waals surface area contributed by atoms with Gasteiger partial charge >= 0.3 is 0 Å². The van der Waals surface area contributed by atoms with Crippen molar-refractivity contribution >= 4 is 11.8 Å². The first-order valence-corrected chi connectivity index (χ1v) is 4.39. The number of hydrogen-bond acceptors (Lipinski definition) is 3. The average molecular weight is 186 g/mol. The van der Waals surface area contributed by atoms with Gasteiger partial charge in [0.1, 0.15) is 6.42 Å². The first kappa shape index (κ1) is 9.98. The van der Waals surface area contributed by atoms with Gasteiger partial charge in [0, 0.05) is 26.2 Å². The molecular formula is C8H14N2O3. The van der Waals surface area contributed by atoms with Gasteiger partial charge in [-0.05, 0) is 6.42 Å². The highest BCUT2D eigenvalue weighted by Crippen LogP contribution is 1.99. The van der Waals surface area contributed by atoms with E-state index in [9.17, 15) is 9.59 Å². The Hall–Kier alpha value is -1.10. The number of hydrogen-bond donors (Lipinski definition) is 2. The van der Waals surface area contributed by atoms with Crippen LogP contribution in [0.5, 0.6) is 0 Å². The molecule has 0 aliphatic carbocycles. The fourth-order valence-electron chi connectivity index (χ4n) is 1.26. The van der Waals surface area contributed by atoms with E-state index in [1.807, 2.05) is 0 Å². The summed E-state index contributed by atoms with van der Waals surface area (Å²) < 4.78 is 0. The lowest BCUT2D eigenvalue weighted by Gasteiger charge is -2.18. The minimum absolute atomic E-state index is 0.0641. The summed E-state index contributed by atoms with van der Waals surface area (Å²) in [5.74, 6) is -0.361. The summed E-state index contributed by atoms with van der Waals surface area (Å²) in [7, 11) is 0. The number of rotatable bonds is 3. The molecule has 0 saturated carbocycles. The number of carbonyl (C=O) groups is 2. The molecule has 0 unspecified atom stereocenters. The zero-order chi connectivity index (χ0) is 9.68. The molecule has 0 aromatic heterocycles. The summed E-state index contributed by atoms with van der Waals surface area (Å²) in [6.07, 6.45) is 0.505. The zero-order valence-electron chi connectivity index (χ0n) is 7.45. The van der Waals surface area contributed by atoms with Crippen LogP contribution in [0.25, 0.3) is 0 Å². The van der Waals surface area contributed by atoms with E-state index >= 15 is 0 Å². The number of nitrogens with one attached hydrogen (secondary N) is 1. The Morgan fingerprint density at radius 1 is 1.46 bits per heavy atom. The van der Waals surface area contributed by atoms with Gasteiger partial charge in [-0.25, -0.2) is 0 Å². The van der Waals surface area contributed by atoms with Gasteiger partial charge in [-0.1, -0.05) is 0 Å². The Bertz CT molecular complexity index is 206. The maximum atomic E-state index is 11.3. The molecule has 2 N–H and O–H groups in total. The molecule has 0 radical (unpaired) electrons. The summed E-state index contributed by atoms with van der Waals surface area (Å²) in [5, 5.41) is 11.2. The van der Waals surface area contributed by atoms with Crippen molar-refractivity contribution < 1.29 is 14.7 Å². The summed E-state index contributed by atoms with van der Waals surface area (Å²) in [6, 6.07) is 0. The molecule has 0 spiro atoms. The van der Waals surface area contributed by atoms with Gasteiger partial charge < -0.3 is 15.3 Å². The Kier molecular flexibility index (Phi) is 3.70. The summed E-state index contributed by atoms with van der Waals surface area (Å²) in [6.45, 7) is 1.66. The molecule has 0 aromatic carbocycles. The van der Waals surface area contributed by atoms with E-state index in [0.29, 0.717) is 26.1 Å². The molecule has 2 amide bonds. The van der Waals surface area contributed by atoms with E-state index < -0.39 is 0 Å². The second-order valence-corrected chi connectivity index (χ2v) is 2.98. The Balaban J connectivity index is 2.43. The van der Waals surface area contributed by atoms with Crippen LogP contribution in [0.4, 0.5) is 0 Å². The molecule has 1 aliphatic rings. The van der Waals surface area contributed by atoms with Gasteiger partial charge in [0.25, 0.3) is 0 Å². The third-order valence-electron chi connectivity index (χ3n) is 1.95. The van der Waals surface area contributed by atoms with Crippen molar-refractivity contribution in [1.29, 1.82) is 0 Å². The van der Waals surface area contributed by atoms with Gasteiger partial charge in [-0.3, -0.25) is 9.59 Å². The number of nitrogens with zero attached hydrogens (tertiary/aromatic N) is 1. The molecule has 1 rings (SSSR count). The standard InChI is InChI=1S/C8H14N2O3/c11-5-1-3-10-4-2-9-7(12)6-8(10)13/h11H,1-6H2,(H,9,12). The van der Waals surface area contributed by atoms with Crippen molar-refractivity contribution in [2.24, 2.45) is 0 Å². The zero-order valence-corrected chi connectivity index (χ0v) is 7.45. The highest BCUT2D eigenvalue weighted by atomic mass is 16.3. The molecule has 13 heavy (non-hydrogen) atoms. The summed E-state index contributed by atoms with van der Waals surface area (Å²) in [4.78, 5) is 23.8. The summed E-state index contributed by atoms with van der Waals surface area (Å²) in [5.41, 5.74) is 0. The largest absolute Gasteiger partial charge is 0.396 e. The fourth-order valence-corrected chi connectivity index (χ4v) is 1.26. The van der Waals surface area contributed by atoms with Crippen LogP contribution in [0.15, 0.2) is 0 Å². The van der Waals surface area contributed by atoms with Gasteiger partial charge in [-0.15, -0.1) is 0 Å². The molecule has 0 atom stereocenters. The fraction of sp³-hybridized carbons (Fsp3) is 0.750. The Labute approximate surface area is 76.7 Å². The van der Waals surface area contributed by atoms with Crippen LogP contribution >= 0.6 is 0 Å². The van der Waals surface area contributed by atoms with Crippen LogP contribution < -0.4 is 5.32 Å². The molecule has 5 heteroatoms. The van der Waals surface area contributed by atoms with Crippen LogP contribution in [0.3, 0.4) is 0 Å². The van der Waals surface area contributed by atoms with Crippen LogP contribution in [0.1, 0.15) is 12.8 Å². The second-order valence-electron chi connectivity index (χ2n) is 2.98. The molecule has 0 aromatic rings. The van der Waals surface area contributed by atoms with E-state index in [1.54, 1.807) is 4.90 Å². The monoisotopic (exact) mass is 186 g/mol. The topological polar surface area (TPSA) is 69.6 Å². The Morgan fingerprint density at radius 2 is 2.23 bits per heavy atom. The van der Waals surface area contributed by atoms with Crippen LogP contribution in [-0.4, -0.2) is 48.1 Å². The van der Waals surface area contributed by atoms with Crippen molar-refractivity contribution in [2.45, 2.75) is 12.8 Å². The SMILES string of the molecule is O=C1CC(=O)N(CCCO)CCN1. The molecule has 5 nitrogen and oxygen atoms in total. The minimum Gasteiger partial charge on any atom is -0.396 e. The predicted molar refractivity (Wildman–Crippen MR) is 45.9 cm³/mol. The van der Waals surface area contributed by atoms with Crippen molar-refractivity contribution in [1.82, 2.24) is 10.2 Å². The maximum absolute atomic E-state index is 11.3. The number of aliphatic hydroxyl groups excluding tert-OH is 1. The van der Waals surface area contributed by atoms with E-state index in [2.05, 4.69) is 5.32 Å². The van der Waals surface area contributed by atoms with Crippen LogP contribution in [0, 0.1) is 0 Å².